The first-order valence-electron chi connectivity index (χ1n) is 5.02. The van der Waals surface area contributed by atoms with Gasteiger partial charge < -0.3 is 5.11 Å². The van der Waals surface area contributed by atoms with Crippen LogP contribution in [-0.2, 0) is 6.54 Å². The lowest BCUT2D eigenvalue weighted by molar-refractivity contribution is 0.172. The number of rotatable bonds is 2. The molecule has 0 radical (unpaired) electrons. The van der Waals surface area contributed by atoms with E-state index in [0.717, 1.165) is 10.6 Å². The van der Waals surface area contributed by atoms with Crippen LogP contribution in [0.2, 0.25) is 5.28 Å². The summed E-state index contributed by atoms with van der Waals surface area (Å²) in [5.74, 6) is -0.478. The van der Waals surface area contributed by atoms with Crippen LogP contribution >= 0.6 is 11.6 Å². The van der Waals surface area contributed by atoms with E-state index in [0.29, 0.717) is 0 Å². The summed E-state index contributed by atoms with van der Waals surface area (Å²) in [6, 6.07) is 3.69. The maximum Gasteiger partial charge on any atom is 0.262 e. The van der Waals surface area contributed by atoms with Gasteiger partial charge in [-0.15, -0.1) is 0 Å². The Bertz CT molecular complexity index is 625. The van der Waals surface area contributed by atoms with Crippen LogP contribution in [0.25, 0.3) is 10.9 Å². The van der Waals surface area contributed by atoms with Crippen LogP contribution in [0.15, 0.2) is 23.0 Å². The zero-order valence-corrected chi connectivity index (χ0v) is 9.78. The average molecular weight is 257 g/mol. The summed E-state index contributed by atoms with van der Waals surface area (Å²) < 4.78 is 14.1. The third-order valence-electron chi connectivity index (χ3n) is 2.32. The molecule has 1 unspecified atom stereocenters. The van der Waals surface area contributed by atoms with Gasteiger partial charge in [0.1, 0.15) is 5.82 Å². The minimum Gasteiger partial charge on any atom is -0.392 e. The van der Waals surface area contributed by atoms with Gasteiger partial charge in [-0.05, 0) is 30.7 Å². The van der Waals surface area contributed by atoms with E-state index in [1.165, 1.54) is 19.1 Å². The normalized spacial score (nSPS) is 12.9. The van der Waals surface area contributed by atoms with E-state index >= 15 is 0 Å². The number of aliphatic hydroxyl groups excluding tert-OH is 1. The second-order valence-corrected chi connectivity index (χ2v) is 4.15. The molecule has 0 saturated heterocycles. The highest BCUT2D eigenvalue weighted by Gasteiger charge is 2.11. The lowest BCUT2D eigenvalue weighted by Crippen LogP contribution is -2.26. The summed E-state index contributed by atoms with van der Waals surface area (Å²) in [4.78, 5) is 15.9. The highest BCUT2D eigenvalue weighted by molar-refractivity contribution is 6.28. The molecule has 0 aliphatic rings. The first kappa shape index (κ1) is 12.0. The van der Waals surface area contributed by atoms with E-state index in [4.69, 9.17) is 11.6 Å². The van der Waals surface area contributed by atoms with E-state index in [1.807, 2.05) is 0 Å². The zero-order valence-electron chi connectivity index (χ0n) is 9.02. The topological polar surface area (TPSA) is 55.1 Å². The Morgan fingerprint density at radius 2 is 2.29 bits per heavy atom. The molecule has 0 bridgehead atoms. The molecule has 0 spiro atoms. The van der Waals surface area contributed by atoms with Crippen molar-refractivity contribution in [1.29, 1.82) is 0 Å². The smallest absolute Gasteiger partial charge is 0.262 e. The van der Waals surface area contributed by atoms with Crippen molar-refractivity contribution in [3.63, 3.8) is 0 Å². The molecule has 2 aromatic rings. The molecule has 1 N–H and O–H groups in total. The van der Waals surface area contributed by atoms with Crippen molar-refractivity contribution in [3.05, 3.63) is 39.7 Å². The van der Waals surface area contributed by atoms with E-state index < -0.39 is 11.9 Å². The van der Waals surface area contributed by atoms with Gasteiger partial charge in [0.05, 0.1) is 23.6 Å². The predicted molar refractivity (Wildman–Crippen MR) is 62.7 cm³/mol. The van der Waals surface area contributed by atoms with Crippen molar-refractivity contribution in [1.82, 2.24) is 9.55 Å². The van der Waals surface area contributed by atoms with Crippen molar-refractivity contribution >= 4 is 22.5 Å². The first-order chi connectivity index (χ1) is 7.99. The van der Waals surface area contributed by atoms with Crippen LogP contribution in [0.4, 0.5) is 4.39 Å². The molecule has 1 aromatic heterocycles. The molecule has 1 atom stereocenters. The van der Waals surface area contributed by atoms with Crippen LogP contribution in [0.1, 0.15) is 6.92 Å². The molecule has 17 heavy (non-hydrogen) atoms. The molecule has 0 aliphatic carbocycles. The fourth-order valence-electron chi connectivity index (χ4n) is 1.59. The number of halogens is 2. The summed E-state index contributed by atoms with van der Waals surface area (Å²) in [6.45, 7) is 1.59. The lowest BCUT2D eigenvalue weighted by Gasteiger charge is -2.10. The Morgan fingerprint density at radius 1 is 1.59 bits per heavy atom. The molecule has 0 saturated carbocycles. The average Bonchev–Trinajstić information content (AvgIpc) is 2.23. The summed E-state index contributed by atoms with van der Waals surface area (Å²) in [7, 11) is 0. The van der Waals surface area contributed by atoms with E-state index in [1.54, 1.807) is 0 Å². The van der Waals surface area contributed by atoms with Gasteiger partial charge in [0.15, 0.2) is 0 Å². The summed E-state index contributed by atoms with van der Waals surface area (Å²) in [5.41, 5.74) is -0.178. The summed E-state index contributed by atoms with van der Waals surface area (Å²) in [6.07, 6.45) is -0.718. The quantitative estimate of drug-likeness (QED) is 0.830. The highest BCUT2D eigenvalue weighted by atomic mass is 35.5. The van der Waals surface area contributed by atoms with Gasteiger partial charge in [-0.25, -0.2) is 9.37 Å². The van der Waals surface area contributed by atoms with Crippen LogP contribution in [0, 0.1) is 5.82 Å². The molecule has 6 heteroatoms. The van der Waals surface area contributed by atoms with Gasteiger partial charge in [-0.3, -0.25) is 9.36 Å². The Hall–Kier alpha value is -1.46. The molecular weight excluding hydrogens is 247 g/mol. The third-order valence-corrected chi connectivity index (χ3v) is 2.61. The molecule has 1 aromatic carbocycles. The summed E-state index contributed by atoms with van der Waals surface area (Å²) >= 11 is 5.82. The SMILES string of the molecule is CC(O)Cn1c(Cl)nc2cc(F)ccc2c1=O. The van der Waals surface area contributed by atoms with Crippen molar-refractivity contribution < 1.29 is 9.50 Å². The first-order valence-corrected chi connectivity index (χ1v) is 5.40. The fraction of sp³-hybridized carbons (Fsp3) is 0.273. The molecular formula is C11H10ClFN2O2. The lowest BCUT2D eigenvalue weighted by atomic mass is 10.2. The summed E-state index contributed by atoms with van der Waals surface area (Å²) in [5, 5.41) is 9.48. The van der Waals surface area contributed by atoms with Crippen LogP contribution in [0.3, 0.4) is 0 Å². The van der Waals surface area contributed by atoms with Gasteiger partial charge in [0.2, 0.25) is 5.28 Å². The Morgan fingerprint density at radius 3 is 2.94 bits per heavy atom. The monoisotopic (exact) mass is 256 g/mol. The number of hydrogen-bond donors (Lipinski definition) is 1. The number of hydrogen-bond acceptors (Lipinski definition) is 3. The van der Waals surface area contributed by atoms with Crippen LogP contribution < -0.4 is 5.56 Å². The Kier molecular flexibility index (Phi) is 3.13. The van der Waals surface area contributed by atoms with Crippen molar-refractivity contribution in [2.45, 2.75) is 19.6 Å². The number of nitrogens with zero attached hydrogens (tertiary/aromatic N) is 2. The number of fused-ring (bicyclic) bond motifs is 1. The van der Waals surface area contributed by atoms with Crippen molar-refractivity contribution in [2.24, 2.45) is 0 Å². The molecule has 0 amide bonds. The van der Waals surface area contributed by atoms with E-state index in [-0.39, 0.29) is 28.3 Å². The molecule has 1 heterocycles. The molecule has 0 aliphatic heterocycles. The van der Waals surface area contributed by atoms with Crippen LogP contribution in [0.5, 0.6) is 0 Å². The van der Waals surface area contributed by atoms with Gasteiger partial charge in [-0.1, -0.05) is 0 Å². The van der Waals surface area contributed by atoms with Crippen LogP contribution in [-0.4, -0.2) is 20.8 Å². The van der Waals surface area contributed by atoms with Gasteiger partial charge in [0, 0.05) is 6.07 Å². The number of aromatic nitrogens is 2. The Balaban J connectivity index is 2.72. The minimum atomic E-state index is -0.718. The Labute approximate surface area is 101 Å². The molecule has 90 valence electrons. The van der Waals surface area contributed by atoms with Gasteiger partial charge in [0.25, 0.3) is 5.56 Å². The largest absolute Gasteiger partial charge is 0.392 e. The third kappa shape index (κ3) is 2.30. The second kappa shape index (κ2) is 4.43. The van der Waals surface area contributed by atoms with E-state index in [9.17, 15) is 14.3 Å². The van der Waals surface area contributed by atoms with Crippen molar-refractivity contribution in [2.75, 3.05) is 0 Å². The number of aliphatic hydroxyl groups is 1. The maximum absolute atomic E-state index is 13.0. The van der Waals surface area contributed by atoms with E-state index in [2.05, 4.69) is 4.98 Å². The predicted octanol–water partition coefficient (Wildman–Crippen LogP) is 1.57. The molecule has 2 rings (SSSR count). The molecule has 0 fully saturated rings. The second-order valence-electron chi connectivity index (χ2n) is 3.81. The van der Waals surface area contributed by atoms with Crippen molar-refractivity contribution in [3.8, 4) is 0 Å². The molecule has 4 nitrogen and oxygen atoms in total. The van der Waals surface area contributed by atoms with Gasteiger partial charge >= 0.3 is 0 Å². The maximum atomic E-state index is 13.0. The minimum absolute atomic E-state index is 0.0536. The van der Waals surface area contributed by atoms with Gasteiger partial charge in [-0.2, -0.15) is 0 Å². The highest BCUT2D eigenvalue weighted by Crippen LogP contribution is 2.13. The standard InChI is InChI=1S/C11H10ClFN2O2/c1-6(16)5-15-10(17)8-3-2-7(13)4-9(8)14-11(15)12/h2-4,6,16H,5H2,1H3. The number of benzene rings is 1. The zero-order chi connectivity index (χ0) is 12.6. The fourth-order valence-corrected chi connectivity index (χ4v) is 1.83.